The third-order valence-corrected chi connectivity index (χ3v) is 10.9. The Hall–Kier alpha value is -4.91. The third kappa shape index (κ3) is 22.1. The minimum absolute atomic E-state index is 0. The predicted octanol–water partition coefficient (Wildman–Crippen LogP) is 17.0. The lowest BCUT2D eigenvalue weighted by molar-refractivity contribution is -0.111. The van der Waals surface area contributed by atoms with E-state index in [1.165, 1.54) is 38.5 Å². The Morgan fingerprint density at radius 1 is 0.608 bits per heavy atom. The van der Waals surface area contributed by atoms with Crippen LogP contribution in [-0.4, -0.2) is 102 Å². The van der Waals surface area contributed by atoms with E-state index in [0.717, 1.165) is 37.7 Å². The number of benzene rings is 4. The number of nitrogens with one attached hydrogen (secondary N) is 3. The van der Waals surface area contributed by atoms with Crippen molar-refractivity contribution in [2.45, 2.75) is 94.1 Å². The summed E-state index contributed by atoms with van der Waals surface area (Å²) < 4.78 is 8.00. The van der Waals surface area contributed by atoms with E-state index < -0.39 is 23.1 Å². The number of ketones is 2. The van der Waals surface area contributed by atoms with Crippen molar-refractivity contribution in [1.29, 1.82) is 0 Å². The molecule has 74 heavy (non-hydrogen) atoms. The van der Waals surface area contributed by atoms with Gasteiger partial charge in [0.05, 0.1) is 5.52 Å². The first-order chi connectivity index (χ1) is 34.3. The Morgan fingerprint density at radius 2 is 1.03 bits per heavy atom. The number of Topliss-reactive ketones (excluding diaryl/α,β-unsaturated/α-hetero) is 2. The monoisotopic (exact) mass is 1170 g/mol. The molecule has 0 fully saturated rings. The van der Waals surface area contributed by atoms with E-state index in [1.807, 2.05) is 135 Å². The molecule has 12 nitrogen and oxygen atoms in total. The van der Waals surface area contributed by atoms with Gasteiger partial charge in [-0.3, -0.25) is 19.0 Å². The lowest BCUT2D eigenvalue weighted by Gasteiger charge is -2.20. The number of halogens is 5. The minimum atomic E-state index is -1.72. The topological polar surface area (TPSA) is 140 Å². The number of carbonyl (C=O) groups excluding carboxylic acids is 4. The fourth-order valence-electron chi connectivity index (χ4n) is 6.52. The highest BCUT2D eigenvalue weighted by Gasteiger charge is 2.23. The second-order valence-electron chi connectivity index (χ2n) is 17.9. The van der Waals surface area contributed by atoms with Gasteiger partial charge in [-0.2, -0.15) is 0 Å². The number of ether oxygens (including phenoxy) is 1. The molecule has 0 amide bonds. The Balaban J connectivity index is 0.000000471. The maximum atomic E-state index is 12.5. The molecule has 4 heterocycles. The average Bonchev–Trinajstić information content (AvgIpc) is 4.16. The number of hydrogen-bond donors (Lipinski definition) is 3. The summed E-state index contributed by atoms with van der Waals surface area (Å²) in [5.41, 5.74) is 8.13. The Morgan fingerprint density at radius 3 is 1.49 bits per heavy atom. The van der Waals surface area contributed by atoms with Gasteiger partial charge < -0.3 is 34.4 Å². The third-order valence-electron chi connectivity index (χ3n) is 10.2. The highest BCUT2D eigenvalue weighted by atomic mass is 79.9. The summed E-state index contributed by atoms with van der Waals surface area (Å²) in [4.78, 5) is 61.5. The van der Waals surface area contributed by atoms with E-state index >= 15 is 0 Å². The molecule has 0 aliphatic carbocycles. The lowest BCUT2D eigenvalue weighted by Crippen LogP contribution is -2.26. The van der Waals surface area contributed by atoms with E-state index in [9.17, 15) is 19.2 Å². The minimum Gasteiger partial charge on any atom is -0.443 e. The average molecular weight is 1170 g/mol. The molecule has 402 valence electrons. The zero-order valence-corrected chi connectivity index (χ0v) is 50.3. The van der Waals surface area contributed by atoms with Crippen LogP contribution in [0.25, 0.3) is 43.6 Å². The standard InChI is InChI=1S/C18H24N2O3.C13H16N2O.C10H12N2.C8H6BrN.C3H5ClO.C3H8.CH4.Al.3ClH/c1-7-16(21)14-11-20(17(22)23-18(2,3)4)15-10-12(19(5)6)8-9-13(14)15;1-4-13(16)11-8-14-12-7-9(15(2)3)5-6-10(11)12;1-12(2)9-4-3-8-5-6-11-10(8)7-9;9-7-2-1-6-3-4-10-8(6)5-7;1-2-3(4)5;1-3-2;;;;;/h8-11H,7H2,1-6H3;5-8,14H,4H2,1-3H3;3-7,11H,1-2H3;1-5,10H;2H2,1H3;3H2,1-2H3;1H4;;3*1H/q;;;;;;;+3;;;/p-3. The molecule has 0 radical (unpaired) electrons. The SMILES string of the molecule is Brc1ccc2cc[nH]c2c1.C.CCC.CCC(=O)Cl.CCC(=O)c1c[nH]c2cc(N(C)C)ccc12.CCC(=O)c1cn(C(=O)OC(C)(C)C)c2cc(N(C)C)ccc12.CN(C)c1ccc2cc[nH]c2c1.[Cl][Al]([Cl])[Cl]. The number of carbonyl (C=O) groups is 4. The number of anilines is 3. The summed E-state index contributed by atoms with van der Waals surface area (Å²) in [6.07, 6.45) is 9.43. The fraction of sp³-hybridized carbons (Fsp3) is 0.357. The van der Waals surface area contributed by atoms with Gasteiger partial charge in [-0.25, -0.2) is 34.9 Å². The molecule has 3 N–H and O–H groups in total. The van der Waals surface area contributed by atoms with Crippen LogP contribution in [0.4, 0.5) is 21.9 Å². The van der Waals surface area contributed by atoms with Crippen LogP contribution in [-0.2, 0) is 9.53 Å². The van der Waals surface area contributed by atoms with E-state index in [-0.39, 0.29) is 24.2 Å². The van der Waals surface area contributed by atoms with Crippen molar-refractivity contribution in [2.24, 2.45) is 0 Å². The van der Waals surface area contributed by atoms with Crippen molar-refractivity contribution in [3.05, 3.63) is 125 Å². The molecule has 8 rings (SSSR count). The zero-order valence-electron chi connectivity index (χ0n) is 44.5. The van der Waals surface area contributed by atoms with Gasteiger partial charge in [0.2, 0.25) is 5.24 Å². The van der Waals surface area contributed by atoms with Gasteiger partial charge in [0.15, 0.2) is 11.6 Å². The highest BCUT2D eigenvalue weighted by molar-refractivity contribution is 9.10. The maximum Gasteiger partial charge on any atom is 0.643 e. The first-order valence-electron chi connectivity index (χ1n) is 23.8. The number of aromatic nitrogens is 4. The molecule has 0 unspecified atom stereocenters. The zero-order chi connectivity index (χ0) is 55.2. The smallest absolute Gasteiger partial charge is 0.443 e. The molecule has 0 saturated heterocycles. The highest BCUT2D eigenvalue weighted by Crippen LogP contribution is 2.29. The lowest BCUT2D eigenvalue weighted by atomic mass is 10.1. The van der Waals surface area contributed by atoms with Crippen LogP contribution in [0.5, 0.6) is 0 Å². The van der Waals surface area contributed by atoms with E-state index in [1.54, 1.807) is 19.3 Å². The van der Waals surface area contributed by atoms with Crippen LogP contribution in [0, 0.1) is 0 Å². The van der Waals surface area contributed by atoms with Crippen molar-refractivity contribution in [3.8, 4) is 0 Å². The van der Waals surface area contributed by atoms with E-state index in [0.29, 0.717) is 30.3 Å². The molecular formula is C56H75AlBrCl4N7O5. The predicted molar refractivity (Wildman–Crippen MR) is 326 cm³/mol. The summed E-state index contributed by atoms with van der Waals surface area (Å²) >= 11 is 6.50. The van der Waals surface area contributed by atoms with Gasteiger partial charge in [0.25, 0.3) is 0 Å². The van der Waals surface area contributed by atoms with Crippen LogP contribution >= 0.6 is 57.7 Å². The number of fused-ring (bicyclic) bond motifs is 4. The van der Waals surface area contributed by atoms with Crippen LogP contribution in [0.2, 0.25) is 0 Å². The molecule has 18 heteroatoms. The number of aromatic amines is 3. The van der Waals surface area contributed by atoms with Crippen LogP contribution < -0.4 is 14.7 Å². The van der Waals surface area contributed by atoms with Crippen molar-refractivity contribution in [1.82, 2.24) is 19.5 Å². The summed E-state index contributed by atoms with van der Waals surface area (Å²) in [7, 11) is 26.8. The van der Waals surface area contributed by atoms with Gasteiger partial charge in [-0.05, 0) is 104 Å². The first-order valence-corrected chi connectivity index (χ1v) is 30.2. The van der Waals surface area contributed by atoms with Gasteiger partial charge in [0.1, 0.15) is 5.60 Å². The molecular weight excluding hydrogens is 1100 g/mol. The van der Waals surface area contributed by atoms with E-state index in [2.05, 4.69) is 98.2 Å². The second kappa shape index (κ2) is 33.2. The molecule has 0 aliphatic heterocycles. The van der Waals surface area contributed by atoms with E-state index in [4.69, 9.17) is 46.5 Å². The first kappa shape index (κ1) is 67.1. The Kier molecular flexibility index (Phi) is 30.1. The van der Waals surface area contributed by atoms with Crippen molar-refractivity contribution in [3.63, 3.8) is 0 Å². The number of H-pyrrole nitrogens is 3. The molecule has 0 saturated carbocycles. The summed E-state index contributed by atoms with van der Waals surface area (Å²) in [6.45, 7) is 15.1. The largest absolute Gasteiger partial charge is 0.643 e. The summed E-state index contributed by atoms with van der Waals surface area (Å²) in [6, 6.07) is 28.5. The van der Waals surface area contributed by atoms with Gasteiger partial charge in [-0.1, -0.05) is 88.7 Å². The summed E-state index contributed by atoms with van der Waals surface area (Å²) in [5, 5.41) is 4.03. The Labute approximate surface area is 469 Å². The molecule has 0 bridgehead atoms. The van der Waals surface area contributed by atoms with Gasteiger partial charge in [0, 0.05) is 146 Å². The number of hydrogen-bond acceptors (Lipinski definition) is 8. The summed E-state index contributed by atoms with van der Waals surface area (Å²) in [5.74, 6) is 0.193. The number of rotatable bonds is 8. The van der Waals surface area contributed by atoms with Crippen LogP contribution in [0.1, 0.15) is 109 Å². The second-order valence-corrected chi connectivity index (χ2v) is 25.7. The van der Waals surface area contributed by atoms with Crippen molar-refractivity contribution < 1.29 is 23.9 Å². The Bertz CT molecular complexity index is 2990. The normalized spacial score (nSPS) is 10.1. The molecule has 0 aliphatic rings. The molecule has 0 atom stereocenters. The quantitative estimate of drug-likeness (QED) is 0.0776. The maximum absolute atomic E-state index is 12.5. The fourth-order valence-corrected chi connectivity index (χ4v) is 6.88. The molecule has 8 aromatic rings. The molecule has 0 spiro atoms. The van der Waals surface area contributed by atoms with Gasteiger partial charge in [-0.15, -0.1) is 0 Å². The van der Waals surface area contributed by atoms with Crippen LogP contribution in [0.3, 0.4) is 0 Å². The van der Waals surface area contributed by atoms with Crippen molar-refractivity contribution in [2.75, 3.05) is 57.0 Å². The molecule has 4 aromatic heterocycles. The van der Waals surface area contributed by atoms with Crippen molar-refractivity contribution >= 4 is 153 Å². The van der Waals surface area contributed by atoms with Crippen LogP contribution in [0.15, 0.2) is 114 Å². The van der Waals surface area contributed by atoms with Gasteiger partial charge >= 0.3 is 17.5 Å². The molecule has 4 aromatic carbocycles. The number of nitrogens with zero attached hydrogens (tertiary/aromatic N) is 4.